The number of aromatic nitrogens is 2. The van der Waals surface area contributed by atoms with E-state index in [4.69, 9.17) is 0 Å². The van der Waals surface area contributed by atoms with Crippen molar-refractivity contribution in [1.29, 1.82) is 0 Å². The number of aliphatic hydroxyl groups excluding tert-OH is 2. The number of nitrogens with zero attached hydrogens (tertiary/aromatic N) is 3. The van der Waals surface area contributed by atoms with Gasteiger partial charge in [0.1, 0.15) is 5.69 Å². The molecule has 104 valence electrons. The normalized spacial score (nSPS) is 22.8. The van der Waals surface area contributed by atoms with Crippen LogP contribution in [0.1, 0.15) is 23.8 Å². The highest BCUT2D eigenvalue weighted by atomic mass is 16.3. The Morgan fingerprint density at radius 1 is 1.37 bits per heavy atom. The topological polar surface area (TPSA) is 95.7 Å². The van der Waals surface area contributed by atoms with Gasteiger partial charge in [-0.05, 0) is 12.5 Å². The Balaban J connectivity index is 2.20. The lowest BCUT2D eigenvalue weighted by Gasteiger charge is -2.15. The highest BCUT2D eigenvalue weighted by Crippen LogP contribution is 2.12. The Bertz CT molecular complexity index is 518. The molecular formula is C12H17N3O4. The minimum absolute atomic E-state index is 0.0780. The summed E-state index contributed by atoms with van der Waals surface area (Å²) < 4.78 is 1.25. The summed E-state index contributed by atoms with van der Waals surface area (Å²) in [6.45, 7) is 2.52. The van der Waals surface area contributed by atoms with Crippen LogP contribution in [-0.2, 0) is 6.54 Å². The largest absolute Gasteiger partial charge is 0.388 e. The van der Waals surface area contributed by atoms with E-state index in [1.54, 1.807) is 0 Å². The van der Waals surface area contributed by atoms with E-state index < -0.39 is 12.2 Å². The van der Waals surface area contributed by atoms with E-state index in [0.717, 1.165) is 6.42 Å². The first kappa shape index (κ1) is 13.7. The molecule has 1 saturated heterocycles. The lowest BCUT2D eigenvalue weighted by molar-refractivity contribution is 0.0572. The zero-order chi connectivity index (χ0) is 14.0. The van der Waals surface area contributed by atoms with Crippen LogP contribution in [0.3, 0.4) is 0 Å². The quantitative estimate of drug-likeness (QED) is 0.719. The van der Waals surface area contributed by atoms with Gasteiger partial charge in [0, 0.05) is 25.7 Å². The van der Waals surface area contributed by atoms with Crippen molar-refractivity contribution in [2.24, 2.45) is 0 Å². The summed E-state index contributed by atoms with van der Waals surface area (Å²) >= 11 is 0. The third kappa shape index (κ3) is 2.82. The van der Waals surface area contributed by atoms with Crippen molar-refractivity contribution in [3.05, 3.63) is 28.2 Å². The van der Waals surface area contributed by atoms with E-state index in [1.165, 1.54) is 21.7 Å². The molecule has 0 bridgehead atoms. The van der Waals surface area contributed by atoms with Crippen LogP contribution in [0, 0.1) is 0 Å². The van der Waals surface area contributed by atoms with E-state index >= 15 is 0 Å². The molecule has 0 aromatic carbocycles. The summed E-state index contributed by atoms with van der Waals surface area (Å²) in [4.78, 5) is 25.0. The second kappa shape index (κ2) is 5.50. The van der Waals surface area contributed by atoms with Gasteiger partial charge in [-0.2, -0.15) is 5.10 Å². The van der Waals surface area contributed by atoms with Gasteiger partial charge in [-0.25, -0.2) is 4.68 Å². The third-order valence-corrected chi connectivity index (χ3v) is 3.07. The van der Waals surface area contributed by atoms with Gasteiger partial charge in [0.2, 0.25) is 0 Å². The first-order valence-corrected chi connectivity index (χ1v) is 6.26. The van der Waals surface area contributed by atoms with Crippen molar-refractivity contribution in [2.75, 3.05) is 13.1 Å². The maximum atomic E-state index is 12.1. The predicted octanol–water partition coefficient (Wildman–Crippen LogP) is -1.17. The highest BCUT2D eigenvalue weighted by molar-refractivity contribution is 5.92. The van der Waals surface area contributed by atoms with Crippen molar-refractivity contribution in [3.8, 4) is 0 Å². The van der Waals surface area contributed by atoms with Gasteiger partial charge in [-0.15, -0.1) is 0 Å². The number of aliphatic hydroxyl groups is 2. The van der Waals surface area contributed by atoms with Crippen molar-refractivity contribution in [3.63, 3.8) is 0 Å². The first-order chi connectivity index (χ1) is 9.02. The number of aryl methyl sites for hydroxylation is 1. The van der Waals surface area contributed by atoms with Crippen LogP contribution < -0.4 is 5.56 Å². The molecule has 2 N–H and O–H groups in total. The molecule has 2 heterocycles. The van der Waals surface area contributed by atoms with Crippen LogP contribution in [0.4, 0.5) is 0 Å². The molecule has 1 aromatic rings. The predicted molar refractivity (Wildman–Crippen MR) is 66.7 cm³/mol. The monoisotopic (exact) mass is 267 g/mol. The molecule has 2 unspecified atom stereocenters. The van der Waals surface area contributed by atoms with Crippen molar-refractivity contribution in [2.45, 2.75) is 32.1 Å². The molecular weight excluding hydrogens is 250 g/mol. The number of hydrogen-bond acceptors (Lipinski definition) is 5. The Kier molecular flexibility index (Phi) is 3.96. The fourth-order valence-corrected chi connectivity index (χ4v) is 2.03. The number of amides is 1. The van der Waals surface area contributed by atoms with Gasteiger partial charge >= 0.3 is 0 Å². The molecule has 1 fully saturated rings. The van der Waals surface area contributed by atoms with E-state index in [1.807, 2.05) is 6.92 Å². The molecule has 0 aliphatic carbocycles. The van der Waals surface area contributed by atoms with Gasteiger partial charge in [0.05, 0.1) is 12.2 Å². The van der Waals surface area contributed by atoms with Gasteiger partial charge in [-0.3, -0.25) is 9.59 Å². The van der Waals surface area contributed by atoms with E-state index in [0.29, 0.717) is 6.54 Å². The SMILES string of the molecule is CCCn1nc(C(=O)N2CC(O)C(O)C2)ccc1=O. The molecule has 2 rings (SSSR count). The van der Waals surface area contributed by atoms with Crippen molar-refractivity contribution >= 4 is 5.91 Å². The average Bonchev–Trinajstić information content (AvgIpc) is 2.72. The van der Waals surface area contributed by atoms with E-state index in [2.05, 4.69) is 5.10 Å². The summed E-state index contributed by atoms with van der Waals surface area (Å²) in [6.07, 6.45) is -1.11. The Morgan fingerprint density at radius 2 is 2.00 bits per heavy atom. The van der Waals surface area contributed by atoms with Gasteiger partial charge in [-0.1, -0.05) is 6.92 Å². The number of hydrogen-bond donors (Lipinski definition) is 2. The second-order valence-electron chi connectivity index (χ2n) is 4.62. The summed E-state index contributed by atoms with van der Waals surface area (Å²) in [6, 6.07) is 2.67. The smallest absolute Gasteiger partial charge is 0.274 e. The molecule has 19 heavy (non-hydrogen) atoms. The number of carbonyl (C=O) groups is 1. The molecule has 7 nitrogen and oxygen atoms in total. The summed E-state index contributed by atoms with van der Waals surface area (Å²) in [5, 5.41) is 22.9. The molecule has 2 atom stereocenters. The lowest BCUT2D eigenvalue weighted by Crippen LogP contribution is -2.33. The highest BCUT2D eigenvalue weighted by Gasteiger charge is 2.33. The number of likely N-dealkylation sites (tertiary alicyclic amines) is 1. The van der Waals surface area contributed by atoms with Crippen LogP contribution in [-0.4, -0.2) is 56.1 Å². The van der Waals surface area contributed by atoms with E-state index in [9.17, 15) is 19.8 Å². The zero-order valence-electron chi connectivity index (χ0n) is 10.7. The summed E-state index contributed by atoms with van der Waals surface area (Å²) in [5.74, 6) is -0.388. The van der Waals surface area contributed by atoms with Crippen LogP contribution in [0.25, 0.3) is 0 Å². The number of rotatable bonds is 3. The van der Waals surface area contributed by atoms with Crippen molar-refractivity contribution < 1.29 is 15.0 Å². The van der Waals surface area contributed by atoms with Crippen molar-refractivity contribution in [1.82, 2.24) is 14.7 Å². The number of β-amino-alcohol motifs (C(OH)–C–C–N with tert-alkyl or cyclic N) is 2. The lowest BCUT2D eigenvalue weighted by atomic mass is 10.3. The van der Waals surface area contributed by atoms with Gasteiger partial charge in [0.25, 0.3) is 11.5 Å². The van der Waals surface area contributed by atoms with Crippen LogP contribution in [0.2, 0.25) is 0 Å². The molecule has 1 amide bonds. The maximum absolute atomic E-state index is 12.1. The van der Waals surface area contributed by atoms with Gasteiger partial charge in [0.15, 0.2) is 0 Å². The minimum atomic E-state index is -0.925. The van der Waals surface area contributed by atoms with Gasteiger partial charge < -0.3 is 15.1 Å². The summed E-state index contributed by atoms with van der Waals surface area (Å²) in [7, 11) is 0. The van der Waals surface area contributed by atoms with E-state index in [-0.39, 0.29) is 30.2 Å². The molecule has 1 aromatic heterocycles. The summed E-state index contributed by atoms with van der Waals surface area (Å²) in [5.41, 5.74) is -0.103. The van der Waals surface area contributed by atoms with Crippen LogP contribution in [0.15, 0.2) is 16.9 Å². The molecule has 1 aliphatic heterocycles. The second-order valence-corrected chi connectivity index (χ2v) is 4.62. The average molecular weight is 267 g/mol. The molecule has 0 spiro atoms. The molecule has 7 heteroatoms. The number of carbonyl (C=O) groups excluding carboxylic acids is 1. The van der Waals surface area contributed by atoms with Crippen LogP contribution in [0.5, 0.6) is 0 Å². The Hall–Kier alpha value is -1.73. The standard InChI is InChI=1S/C12H17N3O4/c1-2-5-15-11(18)4-3-8(13-15)12(19)14-6-9(16)10(17)7-14/h3-4,9-10,16-17H,2,5-7H2,1H3. The Morgan fingerprint density at radius 3 is 2.58 bits per heavy atom. The maximum Gasteiger partial charge on any atom is 0.274 e. The fraction of sp³-hybridized carbons (Fsp3) is 0.583. The Labute approximate surface area is 110 Å². The van der Waals surface area contributed by atoms with Crippen LogP contribution >= 0.6 is 0 Å². The minimum Gasteiger partial charge on any atom is -0.388 e. The molecule has 0 radical (unpaired) electrons. The first-order valence-electron chi connectivity index (χ1n) is 6.26. The zero-order valence-corrected chi connectivity index (χ0v) is 10.7. The molecule has 0 saturated carbocycles. The molecule has 1 aliphatic rings. The fourth-order valence-electron chi connectivity index (χ4n) is 2.03. The third-order valence-electron chi connectivity index (χ3n) is 3.07.